The first-order valence-corrected chi connectivity index (χ1v) is 21.9. The second kappa shape index (κ2) is 19.4. The summed E-state index contributed by atoms with van der Waals surface area (Å²) < 4.78 is 223. The quantitative estimate of drug-likeness (QED) is 0.0431. The Hall–Kier alpha value is -3.64. The maximum atomic E-state index is 15.6. The lowest BCUT2D eigenvalue weighted by atomic mass is 9.12. The predicted molar refractivity (Wildman–Crippen MR) is 193 cm³/mol. The number of hydrogen-bond donors (Lipinski definition) is 1. The summed E-state index contributed by atoms with van der Waals surface area (Å²) in [4.78, 5) is 1.84. The van der Waals surface area contributed by atoms with E-state index >= 15 is 26.3 Å². The third-order valence-corrected chi connectivity index (χ3v) is 12.1. The predicted octanol–water partition coefficient (Wildman–Crippen LogP) is 8.07. The average Bonchev–Trinajstić information content (AvgIpc) is 3.18. The van der Waals surface area contributed by atoms with Gasteiger partial charge in [0.05, 0.1) is 19.6 Å². The van der Waals surface area contributed by atoms with Crippen LogP contribution in [0, 0.1) is 87.3 Å². The molecule has 4 rings (SSSR count). The van der Waals surface area contributed by atoms with Crippen molar-refractivity contribution in [2.75, 3.05) is 19.6 Å². The number of quaternary nitrogens is 1. The fourth-order valence-electron chi connectivity index (χ4n) is 6.76. The van der Waals surface area contributed by atoms with Gasteiger partial charge in [0.25, 0.3) is 0 Å². The average molecular weight is 868 g/mol. The number of nitrogens with one attached hydrogen (secondary N) is 1. The van der Waals surface area contributed by atoms with E-state index in [0.29, 0.717) is 12.1 Å². The smallest absolute Gasteiger partial charge is 0.200 e. The topological polar surface area (TPSA) is 4.44 Å². The van der Waals surface area contributed by atoms with Gasteiger partial charge >= 0.3 is 0 Å². The molecular formula is C38H38BClF15NSi. The summed E-state index contributed by atoms with van der Waals surface area (Å²) >= 11 is 6.27. The van der Waals surface area contributed by atoms with Gasteiger partial charge in [-0.3, -0.25) is 0 Å². The fraction of sp³-hybridized carbons (Fsp3) is 0.368. The highest BCUT2D eigenvalue weighted by Gasteiger charge is 2.49. The van der Waals surface area contributed by atoms with Crippen molar-refractivity contribution in [1.82, 2.24) is 0 Å². The van der Waals surface area contributed by atoms with Crippen molar-refractivity contribution in [2.24, 2.45) is 0 Å². The molecule has 19 heteroatoms. The maximum absolute atomic E-state index is 15.6. The lowest BCUT2D eigenvalue weighted by Gasteiger charge is -2.44. The molecule has 0 saturated carbocycles. The Bertz CT molecular complexity index is 1800. The second-order valence-corrected chi connectivity index (χ2v) is 20.3. The molecule has 0 fully saturated rings. The molecule has 0 atom stereocenters. The minimum absolute atomic E-state index is 0.0971. The number of hydrogen-bond acceptors (Lipinski definition) is 0. The summed E-state index contributed by atoms with van der Waals surface area (Å²) in [6.45, 7) is 14.0. The highest BCUT2D eigenvalue weighted by atomic mass is 35.6. The van der Waals surface area contributed by atoms with Crippen molar-refractivity contribution in [2.45, 2.75) is 72.4 Å². The summed E-state index contributed by atoms with van der Waals surface area (Å²) in [5.41, 5.74) is -9.49. The molecule has 0 bridgehead atoms. The van der Waals surface area contributed by atoms with Crippen molar-refractivity contribution < 1.29 is 70.8 Å². The van der Waals surface area contributed by atoms with Gasteiger partial charge in [-0.25, -0.2) is 65.9 Å². The Morgan fingerprint density at radius 2 is 0.649 bits per heavy atom. The Kier molecular flexibility index (Phi) is 16.3. The van der Waals surface area contributed by atoms with Crippen LogP contribution in [0.4, 0.5) is 65.9 Å². The highest BCUT2D eigenvalue weighted by Crippen LogP contribution is 2.28. The van der Waals surface area contributed by atoms with Crippen LogP contribution < -0.4 is 31.9 Å². The van der Waals surface area contributed by atoms with Crippen LogP contribution in [0.25, 0.3) is 0 Å². The van der Waals surface area contributed by atoms with Gasteiger partial charge in [0.1, 0.15) is 41.0 Å². The molecule has 57 heavy (non-hydrogen) atoms. The van der Waals surface area contributed by atoms with E-state index in [1.54, 1.807) is 0 Å². The lowest BCUT2D eigenvalue weighted by molar-refractivity contribution is -0.900. The van der Waals surface area contributed by atoms with Crippen LogP contribution >= 0.6 is 11.1 Å². The standard InChI is InChI=1S/C26H10BClF15Si.C12H27N/c1-44(2,28)8-5-3-7(4-6-8)27(9-12(29)18(35)24(41)19(36)13(9)30,10-14(31)20(37)25(42)21(38)15(10)32)11-16(33)22(39)26(43)23(40)17(11)34;1-4-7-10-13(11-8-5-2)12-9-6-3/h3-6H,1-2H3;4-12H2,1-3H3/q-1;/p+1. The molecule has 0 aliphatic carbocycles. The van der Waals surface area contributed by atoms with E-state index in [1.165, 1.54) is 71.3 Å². The molecule has 1 nitrogen and oxygen atoms in total. The Morgan fingerprint density at radius 1 is 0.421 bits per heavy atom. The maximum Gasteiger partial charge on any atom is 0.200 e. The highest BCUT2D eigenvalue weighted by molar-refractivity contribution is 7.26. The molecule has 0 radical (unpaired) electrons. The third-order valence-electron chi connectivity index (χ3n) is 9.78. The molecule has 1 N–H and O–H groups in total. The van der Waals surface area contributed by atoms with Crippen molar-refractivity contribution in [3.8, 4) is 0 Å². The van der Waals surface area contributed by atoms with Gasteiger partial charge in [-0.2, -0.15) is 16.5 Å². The molecule has 0 saturated heterocycles. The summed E-state index contributed by atoms with van der Waals surface area (Å²) in [7, 11) is -2.97. The Morgan fingerprint density at radius 3 is 0.860 bits per heavy atom. The van der Waals surface area contributed by atoms with Gasteiger partial charge in [-0.15, -0.1) is 16.4 Å². The summed E-state index contributed by atoms with van der Waals surface area (Å²) in [6.07, 6.45) is 2.46. The van der Waals surface area contributed by atoms with Crippen LogP contribution in [0.5, 0.6) is 0 Å². The van der Waals surface area contributed by atoms with Crippen molar-refractivity contribution in [1.29, 1.82) is 0 Å². The molecule has 0 unspecified atom stereocenters. The van der Waals surface area contributed by atoms with Crippen LogP contribution in [-0.4, -0.2) is 33.2 Å². The molecule has 0 aliphatic rings. The van der Waals surface area contributed by atoms with Crippen LogP contribution in [0.15, 0.2) is 24.3 Å². The Labute approximate surface area is 325 Å². The van der Waals surface area contributed by atoms with E-state index in [1.807, 2.05) is 4.90 Å². The van der Waals surface area contributed by atoms with E-state index < -0.39 is 123 Å². The molecule has 0 spiro atoms. The second-order valence-electron chi connectivity index (χ2n) is 14.0. The number of rotatable bonds is 14. The van der Waals surface area contributed by atoms with Crippen LogP contribution in [0.1, 0.15) is 59.3 Å². The van der Waals surface area contributed by atoms with E-state index in [0.717, 1.165) is 12.1 Å². The van der Waals surface area contributed by atoms with Crippen LogP contribution in [0.3, 0.4) is 0 Å². The molecule has 0 amide bonds. The van der Waals surface area contributed by atoms with Crippen molar-refractivity contribution >= 4 is 51.6 Å². The third kappa shape index (κ3) is 9.17. The van der Waals surface area contributed by atoms with E-state index in [-0.39, 0.29) is 5.19 Å². The fourth-order valence-corrected chi connectivity index (χ4v) is 8.10. The molecule has 0 aliphatic heterocycles. The van der Waals surface area contributed by atoms with E-state index in [2.05, 4.69) is 20.8 Å². The molecule has 4 aromatic carbocycles. The normalized spacial score (nSPS) is 12.0. The zero-order chi connectivity index (χ0) is 43.3. The summed E-state index contributed by atoms with van der Waals surface area (Å²) in [6, 6.07) is 2.52. The number of benzene rings is 4. The number of unbranched alkanes of at least 4 members (excludes halogenated alkanes) is 3. The van der Waals surface area contributed by atoms with Gasteiger partial charge in [-0.1, -0.05) is 77.4 Å². The summed E-state index contributed by atoms with van der Waals surface area (Å²) in [5, 5.41) is 0.0971. The first-order valence-electron chi connectivity index (χ1n) is 17.9. The zero-order valence-electron chi connectivity index (χ0n) is 31.3. The summed E-state index contributed by atoms with van der Waals surface area (Å²) in [5.74, 6) is -45.7. The van der Waals surface area contributed by atoms with Crippen LogP contribution in [-0.2, 0) is 0 Å². The monoisotopic (exact) mass is 867 g/mol. The first kappa shape index (κ1) is 47.7. The van der Waals surface area contributed by atoms with Gasteiger partial charge < -0.3 is 4.90 Å². The van der Waals surface area contributed by atoms with Gasteiger partial charge in [0.15, 0.2) is 59.7 Å². The SMILES string of the molecule is CCCC[NH+](CCCC)CCCC.C[Si](C)(Cl)c1ccc([B-](c2c(F)c(F)c(F)c(F)c2F)(c2c(F)c(F)c(F)c(F)c2F)c2c(F)c(F)c(F)c(F)c2F)cc1. The van der Waals surface area contributed by atoms with E-state index in [9.17, 15) is 39.5 Å². The Balaban J connectivity index is 0.000000573. The zero-order valence-corrected chi connectivity index (χ0v) is 33.1. The molecule has 0 aromatic heterocycles. The van der Waals surface area contributed by atoms with Crippen molar-refractivity contribution in [3.63, 3.8) is 0 Å². The molecular weight excluding hydrogens is 830 g/mol. The van der Waals surface area contributed by atoms with Gasteiger partial charge in [0.2, 0.25) is 0 Å². The molecule has 314 valence electrons. The number of halogens is 16. The minimum Gasteiger partial charge on any atom is -0.335 e. The van der Waals surface area contributed by atoms with Crippen LogP contribution in [0.2, 0.25) is 13.1 Å². The molecule has 0 heterocycles. The van der Waals surface area contributed by atoms with Gasteiger partial charge in [-0.05, 0) is 24.4 Å². The largest absolute Gasteiger partial charge is 0.335 e. The minimum atomic E-state index is -5.80. The first-order chi connectivity index (χ1) is 26.6. The lowest BCUT2D eigenvalue weighted by Crippen LogP contribution is -3.12. The van der Waals surface area contributed by atoms with Crippen molar-refractivity contribution in [3.05, 3.63) is 112 Å². The van der Waals surface area contributed by atoms with E-state index in [4.69, 9.17) is 11.1 Å². The molecule has 4 aromatic rings. The van der Waals surface area contributed by atoms with Gasteiger partial charge in [0, 0.05) is 0 Å².